The fourth-order valence-electron chi connectivity index (χ4n) is 1.28. The molecule has 0 fully saturated rings. The van der Waals surface area contributed by atoms with E-state index in [1.54, 1.807) is 0 Å². The Morgan fingerprint density at radius 3 is 2.63 bits per heavy atom. The summed E-state index contributed by atoms with van der Waals surface area (Å²) in [6, 6.07) is 0.687. The van der Waals surface area contributed by atoms with E-state index in [4.69, 9.17) is 16.8 Å². The second-order valence-corrected chi connectivity index (χ2v) is 3.72. The van der Waals surface area contributed by atoms with Gasteiger partial charge in [0.25, 0.3) is 0 Å². The predicted octanol–water partition coefficient (Wildman–Crippen LogP) is 2.03. The molecule has 0 bridgehead atoms. The van der Waals surface area contributed by atoms with Gasteiger partial charge in [0.1, 0.15) is 18.3 Å². The third-order valence-corrected chi connectivity index (χ3v) is 2.40. The summed E-state index contributed by atoms with van der Waals surface area (Å²) < 4.78 is 38.4. The first kappa shape index (κ1) is 13.3. The van der Waals surface area contributed by atoms with E-state index in [9.17, 15) is 13.2 Å². The summed E-state index contributed by atoms with van der Waals surface area (Å²) in [4.78, 5) is 7.15. The summed E-state index contributed by atoms with van der Waals surface area (Å²) in [5.74, 6) is -0.240. The summed E-state index contributed by atoms with van der Waals surface area (Å²) in [6.07, 6.45) is -1.63. The number of halogens is 4. The Balaban J connectivity index is 2.47. The maximum absolute atomic E-state index is 12.5. The highest BCUT2D eigenvalue weighted by atomic mass is 35.5. The molecule has 0 radical (unpaired) electrons. The molecule has 19 heavy (non-hydrogen) atoms. The Morgan fingerprint density at radius 2 is 2.16 bits per heavy atom. The minimum atomic E-state index is -4.56. The third kappa shape index (κ3) is 2.65. The molecule has 0 saturated heterocycles. The minimum absolute atomic E-state index is 0.150. The fraction of sp³-hybridized carbons (Fsp3) is 0.111. The Labute approximate surface area is 109 Å². The Kier molecular flexibility index (Phi) is 3.38. The molecule has 100 valence electrons. The van der Waals surface area contributed by atoms with Crippen LogP contribution in [-0.4, -0.2) is 30.8 Å². The van der Waals surface area contributed by atoms with Gasteiger partial charge in [0, 0.05) is 6.20 Å². The maximum Gasteiger partial charge on any atom is 0.417 e. The average molecular weight is 292 g/mol. The number of rotatable bonds is 1. The van der Waals surface area contributed by atoms with E-state index in [-0.39, 0.29) is 16.6 Å². The van der Waals surface area contributed by atoms with E-state index in [0.29, 0.717) is 12.3 Å². The van der Waals surface area contributed by atoms with Crippen LogP contribution >= 0.6 is 11.6 Å². The number of alkyl halides is 3. The van der Waals surface area contributed by atoms with Crippen molar-refractivity contribution < 1.29 is 18.4 Å². The molecule has 2 rings (SSSR count). The van der Waals surface area contributed by atoms with Gasteiger partial charge in [0.15, 0.2) is 0 Å². The first-order valence-corrected chi connectivity index (χ1v) is 5.11. The van der Waals surface area contributed by atoms with Crippen molar-refractivity contribution in [3.8, 4) is 0 Å². The Morgan fingerprint density at radius 1 is 1.42 bits per heavy atom. The molecule has 0 aliphatic heterocycles. The van der Waals surface area contributed by atoms with Crippen LogP contribution in [0.25, 0.3) is 0 Å². The zero-order chi connectivity index (χ0) is 14.0. The van der Waals surface area contributed by atoms with E-state index < -0.39 is 11.7 Å². The van der Waals surface area contributed by atoms with Crippen LogP contribution in [0.2, 0.25) is 5.02 Å². The smallest absolute Gasteiger partial charge is 0.409 e. The van der Waals surface area contributed by atoms with Crippen LogP contribution in [-0.2, 0) is 6.18 Å². The first-order valence-electron chi connectivity index (χ1n) is 4.73. The van der Waals surface area contributed by atoms with Gasteiger partial charge in [-0.05, 0) is 6.07 Å². The lowest BCUT2D eigenvalue weighted by atomic mass is 10.2. The van der Waals surface area contributed by atoms with Gasteiger partial charge in [-0.1, -0.05) is 16.8 Å². The lowest BCUT2D eigenvalue weighted by Crippen LogP contribution is -2.17. The maximum atomic E-state index is 12.5. The molecule has 2 heterocycles. The van der Waals surface area contributed by atoms with Crippen molar-refractivity contribution in [3.05, 3.63) is 41.2 Å². The highest BCUT2D eigenvalue weighted by Gasteiger charge is 2.32. The van der Waals surface area contributed by atoms with Crippen molar-refractivity contribution in [2.75, 3.05) is 0 Å². The minimum Gasteiger partial charge on any atom is -0.409 e. The standard InChI is InChI=1S/C9H5ClF3N5O/c10-6-1-5(9(11,12)13)2-15-7(6)8(17-19)18-4-14-3-16-18/h1-4,19H. The van der Waals surface area contributed by atoms with Crippen molar-refractivity contribution in [1.29, 1.82) is 0 Å². The van der Waals surface area contributed by atoms with Gasteiger partial charge in [-0.3, -0.25) is 4.98 Å². The lowest BCUT2D eigenvalue weighted by Gasteiger charge is -2.09. The summed E-state index contributed by atoms with van der Waals surface area (Å²) in [7, 11) is 0. The van der Waals surface area contributed by atoms with Gasteiger partial charge in [-0.25, -0.2) is 4.98 Å². The van der Waals surface area contributed by atoms with Crippen LogP contribution in [0.5, 0.6) is 0 Å². The molecule has 0 amide bonds. The molecule has 6 nitrogen and oxygen atoms in total. The van der Waals surface area contributed by atoms with Crippen molar-refractivity contribution in [1.82, 2.24) is 19.7 Å². The molecular weight excluding hydrogens is 287 g/mol. The number of nitrogens with zero attached hydrogens (tertiary/aromatic N) is 5. The van der Waals surface area contributed by atoms with Crippen molar-refractivity contribution in [3.63, 3.8) is 0 Å². The van der Waals surface area contributed by atoms with E-state index in [0.717, 1.165) is 11.0 Å². The number of aromatic nitrogens is 4. The van der Waals surface area contributed by atoms with Crippen LogP contribution in [0, 0.1) is 0 Å². The molecule has 10 heteroatoms. The highest BCUT2D eigenvalue weighted by Crippen LogP contribution is 2.31. The second-order valence-electron chi connectivity index (χ2n) is 3.32. The predicted molar refractivity (Wildman–Crippen MR) is 58.0 cm³/mol. The van der Waals surface area contributed by atoms with Gasteiger partial charge in [0.05, 0.1) is 10.6 Å². The largest absolute Gasteiger partial charge is 0.417 e. The average Bonchev–Trinajstić information content (AvgIpc) is 2.84. The van der Waals surface area contributed by atoms with E-state index in [2.05, 4.69) is 20.2 Å². The summed E-state index contributed by atoms with van der Waals surface area (Å²) >= 11 is 5.71. The molecule has 0 aliphatic carbocycles. The zero-order valence-electron chi connectivity index (χ0n) is 9.00. The second kappa shape index (κ2) is 4.84. The monoisotopic (exact) mass is 291 g/mol. The molecule has 0 saturated carbocycles. The Hall–Kier alpha value is -2.16. The molecule has 1 N–H and O–H groups in total. The van der Waals surface area contributed by atoms with Gasteiger partial charge >= 0.3 is 6.18 Å². The SMILES string of the molecule is ON=C(c1ncc(C(F)(F)F)cc1Cl)n1cncn1. The molecule has 0 spiro atoms. The molecule has 0 atom stereocenters. The summed E-state index contributed by atoms with van der Waals surface area (Å²) in [5.41, 5.74) is -1.15. The number of oxime groups is 1. The zero-order valence-corrected chi connectivity index (χ0v) is 9.76. The molecular formula is C9H5ClF3N5O. The van der Waals surface area contributed by atoms with Crippen LogP contribution in [0.1, 0.15) is 11.3 Å². The number of hydrogen-bond acceptors (Lipinski definition) is 5. The van der Waals surface area contributed by atoms with Crippen LogP contribution in [0.3, 0.4) is 0 Å². The quantitative estimate of drug-likeness (QED) is 0.377. The van der Waals surface area contributed by atoms with E-state index >= 15 is 0 Å². The molecule has 0 unspecified atom stereocenters. The van der Waals surface area contributed by atoms with Crippen molar-refractivity contribution in [2.24, 2.45) is 5.16 Å². The number of pyridine rings is 1. The summed E-state index contributed by atoms with van der Waals surface area (Å²) in [6.45, 7) is 0. The third-order valence-electron chi connectivity index (χ3n) is 2.11. The van der Waals surface area contributed by atoms with Crippen molar-refractivity contribution >= 4 is 17.4 Å². The highest BCUT2D eigenvalue weighted by molar-refractivity contribution is 6.33. The van der Waals surface area contributed by atoms with Gasteiger partial charge in [-0.15, -0.1) is 0 Å². The van der Waals surface area contributed by atoms with E-state index in [1.807, 2.05) is 0 Å². The van der Waals surface area contributed by atoms with Crippen LogP contribution < -0.4 is 0 Å². The van der Waals surface area contributed by atoms with Gasteiger partial charge < -0.3 is 5.21 Å². The van der Waals surface area contributed by atoms with Crippen LogP contribution in [0.15, 0.2) is 30.1 Å². The van der Waals surface area contributed by atoms with Crippen molar-refractivity contribution in [2.45, 2.75) is 6.18 Å². The van der Waals surface area contributed by atoms with Gasteiger partial charge in [0.2, 0.25) is 5.84 Å². The summed E-state index contributed by atoms with van der Waals surface area (Å²) in [5, 5.41) is 15.1. The number of hydrogen-bond donors (Lipinski definition) is 1. The lowest BCUT2D eigenvalue weighted by molar-refractivity contribution is -0.137. The fourth-order valence-corrected chi connectivity index (χ4v) is 1.53. The normalized spacial score (nSPS) is 12.7. The van der Waals surface area contributed by atoms with E-state index in [1.165, 1.54) is 6.33 Å². The topological polar surface area (TPSA) is 76.2 Å². The molecule has 0 aromatic carbocycles. The van der Waals surface area contributed by atoms with Crippen LogP contribution in [0.4, 0.5) is 13.2 Å². The van der Waals surface area contributed by atoms with Gasteiger partial charge in [-0.2, -0.15) is 23.0 Å². The molecule has 2 aromatic heterocycles. The first-order chi connectivity index (χ1) is 8.93. The molecule has 0 aliphatic rings. The molecule has 2 aromatic rings. The Bertz CT molecular complexity index is 611.